The van der Waals surface area contributed by atoms with Gasteiger partial charge < -0.3 is 15.0 Å². The van der Waals surface area contributed by atoms with Crippen LogP contribution in [0.5, 0.6) is 5.75 Å². The summed E-state index contributed by atoms with van der Waals surface area (Å²) < 4.78 is 48.3. The van der Waals surface area contributed by atoms with Crippen molar-refractivity contribution in [3.8, 4) is 5.75 Å². The first-order chi connectivity index (χ1) is 19.1. The molecule has 0 saturated carbocycles. The molecular formula is C29H33ClFN3O5S. The maximum atomic E-state index is 14.6. The van der Waals surface area contributed by atoms with Crippen molar-refractivity contribution < 1.29 is 27.1 Å². The summed E-state index contributed by atoms with van der Waals surface area (Å²) in [6.45, 7) is 3.02. The SMILES string of the molecule is CCCCNC(=O)[C@H](C)N(Cc1ccccc1F)C(=O)CN(c1ccc(OC)c(Cl)c1)S(=O)(=O)c1ccccc1. The van der Waals surface area contributed by atoms with Crippen molar-refractivity contribution in [1.82, 2.24) is 10.2 Å². The number of carbonyl (C=O) groups excluding carboxylic acids is 2. The first kappa shape index (κ1) is 30.9. The third kappa shape index (κ3) is 7.51. The Morgan fingerprint density at radius 3 is 2.35 bits per heavy atom. The van der Waals surface area contributed by atoms with E-state index in [9.17, 15) is 22.4 Å². The molecule has 1 N–H and O–H groups in total. The average molecular weight is 590 g/mol. The minimum Gasteiger partial charge on any atom is -0.495 e. The standard InChI is InChI=1S/C29H33ClFN3O5S/c1-4-5-17-32-29(36)21(2)33(19-22-11-9-10-14-26(22)31)28(35)20-34(23-15-16-27(39-3)25(30)18-23)40(37,38)24-12-7-6-8-13-24/h6-16,18,21H,4-5,17,19-20H2,1-3H3,(H,32,36)/t21-/m0/s1. The number of ether oxygens (including phenoxy) is 1. The number of hydrogen-bond donors (Lipinski definition) is 1. The van der Waals surface area contributed by atoms with E-state index in [4.69, 9.17) is 16.3 Å². The van der Waals surface area contributed by atoms with E-state index in [1.807, 2.05) is 6.92 Å². The number of benzene rings is 3. The fraction of sp³-hybridized carbons (Fsp3) is 0.310. The van der Waals surface area contributed by atoms with E-state index in [1.165, 1.54) is 67.5 Å². The molecule has 214 valence electrons. The zero-order chi connectivity index (χ0) is 29.3. The molecule has 0 fully saturated rings. The van der Waals surface area contributed by atoms with Gasteiger partial charge in [-0.05, 0) is 49.7 Å². The summed E-state index contributed by atoms with van der Waals surface area (Å²) in [7, 11) is -2.82. The predicted molar refractivity (Wildman–Crippen MR) is 153 cm³/mol. The molecule has 3 aromatic rings. The number of rotatable bonds is 13. The number of unbranched alkanes of at least 4 members (excludes halogenated alkanes) is 1. The highest BCUT2D eigenvalue weighted by atomic mass is 35.5. The second-order valence-corrected chi connectivity index (χ2v) is 11.3. The maximum absolute atomic E-state index is 14.6. The Labute approximate surface area is 239 Å². The molecular weight excluding hydrogens is 557 g/mol. The van der Waals surface area contributed by atoms with Gasteiger partial charge in [-0.2, -0.15) is 0 Å². The second kappa shape index (κ2) is 14.1. The molecule has 3 rings (SSSR count). The molecule has 0 aliphatic rings. The topological polar surface area (TPSA) is 96.0 Å². The van der Waals surface area contributed by atoms with Crippen molar-refractivity contribution in [1.29, 1.82) is 0 Å². The first-order valence-electron chi connectivity index (χ1n) is 12.8. The van der Waals surface area contributed by atoms with Crippen LogP contribution in [0.25, 0.3) is 0 Å². The van der Waals surface area contributed by atoms with Gasteiger partial charge >= 0.3 is 0 Å². The van der Waals surface area contributed by atoms with Crippen molar-refractivity contribution in [2.75, 3.05) is 24.5 Å². The fourth-order valence-corrected chi connectivity index (χ4v) is 5.67. The van der Waals surface area contributed by atoms with E-state index < -0.39 is 40.2 Å². The molecule has 8 nitrogen and oxygen atoms in total. The molecule has 1 atom stereocenters. The van der Waals surface area contributed by atoms with Gasteiger partial charge in [-0.1, -0.05) is 61.3 Å². The molecule has 0 aromatic heterocycles. The van der Waals surface area contributed by atoms with Crippen LogP contribution in [0, 0.1) is 5.82 Å². The van der Waals surface area contributed by atoms with Gasteiger partial charge in [0, 0.05) is 18.7 Å². The van der Waals surface area contributed by atoms with Gasteiger partial charge in [-0.15, -0.1) is 0 Å². The number of sulfonamides is 1. The van der Waals surface area contributed by atoms with Crippen LogP contribution in [0.15, 0.2) is 77.7 Å². The summed E-state index contributed by atoms with van der Waals surface area (Å²) in [4.78, 5) is 28.0. The number of nitrogens with zero attached hydrogens (tertiary/aromatic N) is 2. The van der Waals surface area contributed by atoms with Crippen LogP contribution < -0.4 is 14.4 Å². The van der Waals surface area contributed by atoms with Gasteiger partial charge in [0.15, 0.2) is 0 Å². The number of hydrogen-bond acceptors (Lipinski definition) is 5. The van der Waals surface area contributed by atoms with Gasteiger partial charge in [0.1, 0.15) is 24.2 Å². The van der Waals surface area contributed by atoms with Crippen LogP contribution in [0.3, 0.4) is 0 Å². The maximum Gasteiger partial charge on any atom is 0.264 e. The third-order valence-corrected chi connectivity index (χ3v) is 8.41. The summed E-state index contributed by atoms with van der Waals surface area (Å²) in [5.74, 6) is -1.35. The Bertz CT molecular complexity index is 1420. The summed E-state index contributed by atoms with van der Waals surface area (Å²) in [6, 6.07) is 16.9. The zero-order valence-corrected chi connectivity index (χ0v) is 24.2. The molecule has 0 aliphatic carbocycles. The van der Waals surface area contributed by atoms with E-state index >= 15 is 0 Å². The summed E-state index contributed by atoms with van der Waals surface area (Å²) in [6.07, 6.45) is 1.62. The Morgan fingerprint density at radius 2 is 1.73 bits per heavy atom. The van der Waals surface area contributed by atoms with Crippen molar-refractivity contribution in [3.05, 3.63) is 89.2 Å². The summed E-state index contributed by atoms with van der Waals surface area (Å²) in [5.41, 5.74) is 0.308. The lowest BCUT2D eigenvalue weighted by Crippen LogP contribution is -2.51. The van der Waals surface area contributed by atoms with E-state index in [-0.39, 0.29) is 27.7 Å². The molecule has 0 spiro atoms. The Balaban J connectivity index is 2.03. The first-order valence-corrected chi connectivity index (χ1v) is 14.6. The van der Waals surface area contributed by atoms with E-state index in [2.05, 4.69) is 5.32 Å². The van der Waals surface area contributed by atoms with Gasteiger partial charge in [0.05, 0.1) is 22.7 Å². The number of carbonyl (C=O) groups is 2. The zero-order valence-electron chi connectivity index (χ0n) is 22.6. The molecule has 2 amide bonds. The molecule has 0 heterocycles. The van der Waals surface area contributed by atoms with Crippen molar-refractivity contribution in [2.24, 2.45) is 0 Å². The molecule has 0 aliphatic heterocycles. The van der Waals surface area contributed by atoms with Gasteiger partial charge in [-0.3, -0.25) is 13.9 Å². The summed E-state index contributed by atoms with van der Waals surface area (Å²) in [5, 5.41) is 2.94. The normalized spacial score (nSPS) is 11.9. The number of anilines is 1. The van der Waals surface area contributed by atoms with Crippen LogP contribution in [0.4, 0.5) is 10.1 Å². The van der Waals surface area contributed by atoms with Crippen LogP contribution in [-0.4, -0.2) is 51.4 Å². The minimum atomic E-state index is -4.25. The predicted octanol–water partition coefficient (Wildman–Crippen LogP) is 5.02. The molecule has 0 saturated heterocycles. The Morgan fingerprint density at radius 1 is 1.05 bits per heavy atom. The van der Waals surface area contributed by atoms with Gasteiger partial charge in [0.2, 0.25) is 11.8 Å². The average Bonchev–Trinajstić information content (AvgIpc) is 2.95. The molecule has 0 radical (unpaired) electrons. The number of halogens is 2. The number of amides is 2. The highest BCUT2D eigenvalue weighted by Crippen LogP contribution is 2.32. The van der Waals surface area contributed by atoms with Crippen LogP contribution in [0.2, 0.25) is 5.02 Å². The Kier molecular flexibility index (Phi) is 10.9. The smallest absolute Gasteiger partial charge is 0.264 e. The quantitative estimate of drug-likeness (QED) is 0.283. The molecule has 0 bridgehead atoms. The largest absolute Gasteiger partial charge is 0.495 e. The lowest BCUT2D eigenvalue weighted by Gasteiger charge is -2.32. The number of nitrogens with one attached hydrogen (secondary N) is 1. The van der Waals surface area contributed by atoms with E-state index in [0.29, 0.717) is 12.3 Å². The van der Waals surface area contributed by atoms with Crippen molar-refractivity contribution >= 4 is 39.1 Å². The van der Waals surface area contributed by atoms with Crippen LogP contribution in [-0.2, 0) is 26.2 Å². The lowest BCUT2D eigenvalue weighted by atomic mass is 10.1. The fourth-order valence-electron chi connectivity index (χ4n) is 3.99. The van der Waals surface area contributed by atoms with Gasteiger partial charge in [-0.25, -0.2) is 12.8 Å². The highest BCUT2D eigenvalue weighted by Gasteiger charge is 2.33. The third-order valence-electron chi connectivity index (χ3n) is 6.33. The minimum absolute atomic E-state index is 0.0410. The number of methoxy groups -OCH3 is 1. The van der Waals surface area contributed by atoms with Crippen LogP contribution in [0.1, 0.15) is 32.3 Å². The highest BCUT2D eigenvalue weighted by molar-refractivity contribution is 7.92. The van der Waals surface area contributed by atoms with Crippen molar-refractivity contribution in [3.63, 3.8) is 0 Å². The van der Waals surface area contributed by atoms with Gasteiger partial charge in [0.25, 0.3) is 10.0 Å². The molecule has 40 heavy (non-hydrogen) atoms. The molecule has 3 aromatic carbocycles. The van der Waals surface area contributed by atoms with E-state index in [0.717, 1.165) is 17.1 Å². The molecule has 0 unspecified atom stereocenters. The lowest BCUT2D eigenvalue weighted by molar-refractivity contribution is -0.139. The van der Waals surface area contributed by atoms with E-state index in [1.54, 1.807) is 24.3 Å². The second-order valence-electron chi connectivity index (χ2n) is 9.08. The summed E-state index contributed by atoms with van der Waals surface area (Å²) >= 11 is 6.31. The van der Waals surface area contributed by atoms with Crippen LogP contribution >= 0.6 is 11.6 Å². The van der Waals surface area contributed by atoms with Crippen molar-refractivity contribution in [2.45, 2.75) is 44.2 Å². The monoisotopic (exact) mass is 589 g/mol. The molecule has 11 heteroatoms. The Hall–Kier alpha value is -3.63.